The van der Waals surface area contributed by atoms with E-state index in [0.29, 0.717) is 5.02 Å². The number of halogens is 1. The topological polar surface area (TPSA) is 16.4 Å². The highest BCUT2D eigenvalue weighted by Crippen LogP contribution is 2.43. The molecule has 8 rings (SSSR count). The maximum absolute atomic E-state index is 6.83. The molecule has 0 saturated heterocycles. The van der Waals surface area contributed by atoms with Gasteiger partial charge >= 0.3 is 0 Å². The van der Waals surface area contributed by atoms with Gasteiger partial charge in [0.1, 0.15) is 11.2 Å². The fourth-order valence-corrected chi connectivity index (χ4v) is 7.08. The molecule has 0 spiro atoms. The third-order valence-electron chi connectivity index (χ3n) is 7.54. The van der Waals surface area contributed by atoms with E-state index in [0.717, 1.165) is 50.1 Å². The van der Waals surface area contributed by atoms with E-state index in [1.165, 1.54) is 20.2 Å². The van der Waals surface area contributed by atoms with Crippen molar-refractivity contribution in [3.8, 4) is 11.1 Å². The SMILES string of the molecule is Clc1ccc2oc3ccccc3c2c1-c1ccc(N(c2ccccc2)c2ccc3sc4ccccc4c3c2)cc1. The second kappa shape index (κ2) is 9.27. The molecule has 0 radical (unpaired) electrons. The van der Waals surface area contributed by atoms with Gasteiger partial charge in [0, 0.05) is 58.6 Å². The first-order valence-corrected chi connectivity index (χ1v) is 14.4. The van der Waals surface area contributed by atoms with Crippen LogP contribution in [0.1, 0.15) is 0 Å². The molecule has 4 heteroatoms. The summed E-state index contributed by atoms with van der Waals surface area (Å²) in [7, 11) is 0. The average molecular weight is 552 g/mol. The van der Waals surface area contributed by atoms with Crippen LogP contribution in [-0.4, -0.2) is 0 Å². The third-order valence-corrected chi connectivity index (χ3v) is 9.01. The van der Waals surface area contributed by atoms with Gasteiger partial charge in [-0.15, -0.1) is 11.3 Å². The van der Waals surface area contributed by atoms with Crippen LogP contribution in [0.15, 0.2) is 138 Å². The minimum atomic E-state index is 0.710. The molecule has 0 bridgehead atoms. The number of nitrogens with zero attached hydrogens (tertiary/aromatic N) is 1. The molecule has 8 aromatic rings. The van der Waals surface area contributed by atoms with Crippen molar-refractivity contribution < 1.29 is 4.42 Å². The lowest BCUT2D eigenvalue weighted by atomic mass is 9.99. The van der Waals surface area contributed by atoms with Gasteiger partial charge in [0.15, 0.2) is 0 Å². The van der Waals surface area contributed by atoms with Gasteiger partial charge in [-0.2, -0.15) is 0 Å². The van der Waals surface area contributed by atoms with Crippen molar-refractivity contribution in [1.82, 2.24) is 0 Å². The van der Waals surface area contributed by atoms with Crippen LogP contribution < -0.4 is 4.90 Å². The Labute approximate surface area is 240 Å². The highest BCUT2D eigenvalue weighted by Gasteiger charge is 2.18. The standard InChI is InChI=1S/C36H22ClNOS/c37-30-19-20-32-36(28-11-4-6-12-31(28)39-32)35(30)23-14-16-25(17-15-23)38(24-8-2-1-3-9-24)26-18-21-34-29(22-26)27-10-5-7-13-33(27)40-34/h1-22H. The van der Waals surface area contributed by atoms with E-state index in [9.17, 15) is 0 Å². The lowest BCUT2D eigenvalue weighted by Gasteiger charge is -2.26. The van der Waals surface area contributed by atoms with Crippen LogP contribution >= 0.6 is 22.9 Å². The van der Waals surface area contributed by atoms with Gasteiger partial charge in [0.2, 0.25) is 0 Å². The zero-order valence-corrected chi connectivity index (χ0v) is 22.9. The molecule has 190 valence electrons. The summed E-state index contributed by atoms with van der Waals surface area (Å²) in [6.07, 6.45) is 0. The molecular formula is C36H22ClNOS. The number of rotatable bonds is 4. The monoisotopic (exact) mass is 551 g/mol. The average Bonchev–Trinajstić information content (AvgIpc) is 3.57. The Morgan fingerprint density at radius 1 is 0.525 bits per heavy atom. The van der Waals surface area contributed by atoms with Gasteiger partial charge in [-0.1, -0.05) is 78.3 Å². The molecule has 2 heterocycles. The summed E-state index contributed by atoms with van der Waals surface area (Å²) < 4.78 is 8.74. The van der Waals surface area contributed by atoms with E-state index in [1.54, 1.807) is 0 Å². The van der Waals surface area contributed by atoms with E-state index >= 15 is 0 Å². The maximum atomic E-state index is 6.83. The summed E-state index contributed by atoms with van der Waals surface area (Å²) in [6.45, 7) is 0. The number of para-hydroxylation sites is 2. The second-order valence-corrected chi connectivity index (χ2v) is 11.4. The molecular weight excluding hydrogens is 530 g/mol. The highest BCUT2D eigenvalue weighted by molar-refractivity contribution is 7.25. The summed E-state index contributed by atoms with van der Waals surface area (Å²) in [5.41, 5.74) is 7.06. The number of thiophene rings is 1. The van der Waals surface area contributed by atoms with Gasteiger partial charge in [-0.05, 0) is 72.3 Å². The maximum Gasteiger partial charge on any atom is 0.136 e. The predicted molar refractivity (Wildman–Crippen MR) is 172 cm³/mol. The molecule has 0 atom stereocenters. The van der Waals surface area contributed by atoms with Crippen molar-refractivity contribution in [2.24, 2.45) is 0 Å². The van der Waals surface area contributed by atoms with Crippen LogP contribution in [0.25, 0.3) is 53.2 Å². The van der Waals surface area contributed by atoms with Gasteiger partial charge in [0.05, 0.1) is 0 Å². The van der Waals surface area contributed by atoms with E-state index in [-0.39, 0.29) is 0 Å². The van der Waals surface area contributed by atoms with Crippen molar-refractivity contribution in [2.45, 2.75) is 0 Å². The van der Waals surface area contributed by atoms with Gasteiger partial charge in [0.25, 0.3) is 0 Å². The molecule has 0 amide bonds. The second-order valence-electron chi connectivity index (χ2n) is 9.89. The van der Waals surface area contributed by atoms with Crippen LogP contribution in [0, 0.1) is 0 Å². The fraction of sp³-hybridized carbons (Fsp3) is 0. The molecule has 40 heavy (non-hydrogen) atoms. The zero-order chi connectivity index (χ0) is 26.6. The fourth-order valence-electron chi connectivity index (χ4n) is 5.73. The predicted octanol–water partition coefficient (Wildman–Crippen LogP) is 11.7. The smallest absolute Gasteiger partial charge is 0.136 e. The van der Waals surface area contributed by atoms with E-state index in [2.05, 4.69) is 108 Å². The number of furan rings is 1. The number of hydrogen-bond donors (Lipinski definition) is 0. The zero-order valence-electron chi connectivity index (χ0n) is 21.3. The van der Waals surface area contributed by atoms with E-state index in [4.69, 9.17) is 16.0 Å². The minimum absolute atomic E-state index is 0.710. The minimum Gasteiger partial charge on any atom is -0.456 e. The van der Waals surface area contributed by atoms with Gasteiger partial charge in [-0.3, -0.25) is 0 Å². The highest BCUT2D eigenvalue weighted by atomic mass is 35.5. The first kappa shape index (κ1) is 23.3. The molecule has 0 aliphatic rings. The van der Waals surface area contributed by atoms with Crippen LogP contribution in [0.2, 0.25) is 5.02 Å². The van der Waals surface area contributed by atoms with Crippen molar-refractivity contribution >= 4 is 82.1 Å². The molecule has 0 unspecified atom stereocenters. The van der Waals surface area contributed by atoms with E-state index in [1.807, 2.05) is 41.7 Å². The lowest BCUT2D eigenvalue weighted by Crippen LogP contribution is -2.09. The first-order chi connectivity index (χ1) is 19.7. The molecule has 2 aromatic heterocycles. The Morgan fingerprint density at radius 2 is 1.20 bits per heavy atom. The Hall–Kier alpha value is -4.57. The summed E-state index contributed by atoms with van der Waals surface area (Å²) in [5.74, 6) is 0. The number of benzene rings is 6. The summed E-state index contributed by atoms with van der Waals surface area (Å²) in [6, 6.07) is 46.6. The van der Waals surface area contributed by atoms with E-state index < -0.39 is 0 Å². The van der Waals surface area contributed by atoms with Gasteiger partial charge < -0.3 is 9.32 Å². The quantitative estimate of drug-likeness (QED) is 0.216. The largest absolute Gasteiger partial charge is 0.456 e. The number of hydrogen-bond acceptors (Lipinski definition) is 3. The van der Waals surface area contributed by atoms with Gasteiger partial charge in [-0.25, -0.2) is 0 Å². The molecule has 0 fully saturated rings. The van der Waals surface area contributed by atoms with Crippen LogP contribution in [0.5, 0.6) is 0 Å². The lowest BCUT2D eigenvalue weighted by molar-refractivity contribution is 0.669. The Morgan fingerprint density at radius 3 is 2.05 bits per heavy atom. The molecule has 0 N–H and O–H groups in total. The molecule has 6 aromatic carbocycles. The molecule has 0 aliphatic carbocycles. The Bertz CT molecular complexity index is 2180. The Kier molecular flexibility index (Phi) is 5.41. The van der Waals surface area contributed by atoms with Crippen molar-refractivity contribution in [1.29, 1.82) is 0 Å². The third kappa shape index (κ3) is 3.70. The summed E-state index contributed by atoms with van der Waals surface area (Å²) in [5, 5.41) is 5.40. The molecule has 0 saturated carbocycles. The van der Waals surface area contributed by atoms with Crippen LogP contribution in [0.4, 0.5) is 17.1 Å². The van der Waals surface area contributed by atoms with Crippen molar-refractivity contribution in [3.63, 3.8) is 0 Å². The Balaban J connectivity index is 1.29. The van der Waals surface area contributed by atoms with Crippen molar-refractivity contribution in [3.05, 3.63) is 138 Å². The van der Waals surface area contributed by atoms with Crippen LogP contribution in [-0.2, 0) is 0 Å². The number of anilines is 3. The molecule has 2 nitrogen and oxygen atoms in total. The molecule has 0 aliphatic heterocycles. The first-order valence-electron chi connectivity index (χ1n) is 13.2. The summed E-state index contributed by atoms with van der Waals surface area (Å²) in [4.78, 5) is 2.31. The summed E-state index contributed by atoms with van der Waals surface area (Å²) >= 11 is 8.67. The number of fused-ring (bicyclic) bond motifs is 6. The van der Waals surface area contributed by atoms with Crippen LogP contribution in [0.3, 0.4) is 0 Å². The normalized spacial score (nSPS) is 11.6. The van der Waals surface area contributed by atoms with Crippen molar-refractivity contribution in [2.75, 3.05) is 4.90 Å².